The number of rotatable bonds is 8. The van der Waals surface area contributed by atoms with Crippen molar-refractivity contribution in [2.24, 2.45) is 5.92 Å². The highest BCUT2D eigenvalue weighted by molar-refractivity contribution is 5.96. The van der Waals surface area contributed by atoms with E-state index in [1.54, 1.807) is 43.0 Å². The summed E-state index contributed by atoms with van der Waals surface area (Å²) in [6, 6.07) is 12.7. The first-order valence-electron chi connectivity index (χ1n) is 11.9. The molecule has 4 rings (SSSR count). The maximum atomic E-state index is 13.7. The van der Waals surface area contributed by atoms with Crippen molar-refractivity contribution in [1.29, 1.82) is 0 Å². The summed E-state index contributed by atoms with van der Waals surface area (Å²) in [5.41, 5.74) is 1.90. The zero-order valence-corrected chi connectivity index (χ0v) is 19.9. The first-order valence-corrected chi connectivity index (χ1v) is 11.9. The molecule has 0 spiro atoms. The molecule has 186 valence electrons. The molecule has 0 saturated carbocycles. The number of hydrogen-bond donors (Lipinski definition) is 3. The van der Waals surface area contributed by atoms with Crippen LogP contribution in [0.2, 0.25) is 0 Å². The summed E-state index contributed by atoms with van der Waals surface area (Å²) in [6.07, 6.45) is 0.190. The van der Waals surface area contributed by atoms with E-state index in [9.17, 15) is 24.2 Å². The molecule has 2 amide bonds. The summed E-state index contributed by atoms with van der Waals surface area (Å²) in [5.74, 6) is -1.20. The van der Waals surface area contributed by atoms with Crippen molar-refractivity contribution in [1.82, 2.24) is 10.2 Å². The van der Waals surface area contributed by atoms with Gasteiger partial charge >= 0.3 is 0 Å². The molecule has 2 aromatic rings. The van der Waals surface area contributed by atoms with Gasteiger partial charge in [-0.2, -0.15) is 0 Å². The lowest BCUT2D eigenvalue weighted by Gasteiger charge is -2.41. The Morgan fingerprint density at radius 2 is 1.94 bits per heavy atom. The predicted octanol–water partition coefficient (Wildman–Crippen LogP) is 2.18. The first-order chi connectivity index (χ1) is 16.8. The van der Waals surface area contributed by atoms with Crippen LogP contribution in [0.25, 0.3) is 0 Å². The molecule has 4 atom stereocenters. The number of carbonyl (C=O) groups is 2. The number of aliphatic hydroxyl groups excluding tert-OH is 2. The Labute approximate surface area is 204 Å². The topological polar surface area (TPSA) is 99.1 Å². The second kappa shape index (κ2) is 10.6. The van der Waals surface area contributed by atoms with Crippen LogP contribution in [-0.4, -0.2) is 64.9 Å². The van der Waals surface area contributed by atoms with Crippen molar-refractivity contribution in [3.63, 3.8) is 0 Å². The number of carbonyl (C=O) groups excluding carboxylic acids is 2. The van der Waals surface area contributed by atoms with Crippen LogP contribution in [0.15, 0.2) is 60.2 Å². The van der Waals surface area contributed by atoms with Crippen molar-refractivity contribution in [3.05, 3.63) is 77.1 Å². The Hall–Kier alpha value is -3.23. The Bertz CT molecular complexity index is 1120. The van der Waals surface area contributed by atoms with Gasteiger partial charge in [0.15, 0.2) is 0 Å². The highest BCUT2D eigenvalue weighted by Crippen LogP contribution is 2.47. The van der Waals surface area contributed by atoms with E-state index in [1.165, 1.54) is 12.1 Å². The minimum absolute atomic E-state index is 0.0808. The zero-order chi connectivity index (χ0) is 25.1. The molecule has 3 N–H and O–H groups in total. The third kappa shape index (κ3) is 5.09. The monoisotopic (exact) mass is 482 g/mol. The number of halogens is 1. The van der Waals surface area contributed by atoms with Gasteiger partial charge in [0.25, 0.3) is 0 Å². The molecule has 35 heavy (non-hydrogen) atoms. The Kier molecular flexibility index (Phi) is 7.52. The van der Waals surface area contributed by atoms with Crippen molar-refractivity contribution in [3.8, 4) is 5.75 Å². The van der Waals surface area contributed by atoms with Crippen LogP contribution in [0.5, 0.6) is 5.75 Å². The second-order valence-corrected chi connectivity index (χ2v) is 9.25. The van der Waals surface area contributed by atoms with Gasteiger partial charge < -0.3 is 25.2 Å². The van der Waals surface area contributed by atoms with Gasteiger partial charge in [-0.25, -0.2) is 4.39 Å². The molecule has 8 heteroatoms. The lowest BCUT2D eigenvalue weighted by molar-refractivity contribution is -0.140. The molecule has 0 fully saturated rings. The van der Waals surface area contributed by atoms with Gasteiger partial charge in [-0.05, 0) is 36.3 Å². The van der Waals surface area contributed by atoms with Gasteiger partial charge in [-0.1, -0.05) is 44.2 Å². The van der Waals surface area contributed by atoms with Crippen LogP contribution < -0.4 is 10.1 Å². The fourth-order valence-electron chi connectivity index (χ4n) is 4.87. The first kappa shape index (κ1) is 24.9. The maximum Gasteiger partial charge on any atom is 0.247 e. The third-order valence-corrected chi connectivity index (χ3v) is 6.54. The molecule has 1 aliphatic carbocycles. The van der Waals surface area contributed by atoms with Crippen LogP contribution >= 0.6 is 0 Å². The average molecular weight is 483 g/mol. The maximum absolute atomic E-state index is 13.7. The van der Waals surface area contributed by atoms with Crippen molar-refractivity contribution in [2.45, 2.75) is 44.4 Å². The summed E-state index contributed by atoms with van der Waals surface area (Å²) in [5, 5.41) is 23.3. The van der Waals surface area contributed by atoms with Gasteiger partial charge in [0.1, 0.15) is 23.8 Å². The molecule has 1 aliphatic heterocycles. The van der Waals surface area contributed by atoms with E-state index in [-0.39, 0.29) is 43.2 Å². The summed E-state index contributed by atoms with van der Waals surface area (Å²) >= 11 is 0. The number of amides is 2. The normalized spacial score (nSPS) is 22.6. The smallest absolute Gasteiger partial charge is 0.247 e. The number of benzene rings is 2. The highest BCUT2D eigenvalue weighted by Gasteiger charge is 2.50. The summed E-state index contributed by atoms with van der Waals surface area (Å²) in [7, 11) is 0. The Morgan fingerprint density at radius 1 is 1.17 bits per heavy atom. The number of para-hydroxylation sites is 1. The van der Waals surface area contributed by atoms with E-state index in [0.717, 1.165) is 11.1 Å². The molecule has 2 aliphatic rings. The molecule has 0 saturated heterocycles. The number of ether oxygens (including phenoxy) is 1. The van der Waals surface area contributed by atoms with E-state index in [4.69, 9.17) is 4.74 Å². The molecule has 4 unspecified atom stereocenters. The van der Waals surface area contributed by atoms with E-state index in [1.807, 2.05) is 18.2 Å². The van der Waals surface area contributed by atoms with Crippen molar-refractivity contribution < 1.29 is 28.9 Å². The van der Waals surface area contributed by atoms with Gasteiger partial charge in [-0.3, -0.25) is 9.59 Å². The van der Waals surface area contributed by atoms with Crippen LogP contribution in [0, 0.1) is 11.7 Å². The third-order valence-electron chi connectivity index (χ3n) is 6.54. The molecule has 0 bridgehead atoms. The summed E-state index contributed by atoms with van der Waals surface area (Å²) < 4.78 is 19.8. The predicted molar refractivity (Wildman–Crippen MR) is 128 cm³/mol. The second-order valence-electron chi connectivity index (χ2n) is 9.25. The molecule has 0 aromatic heterocycles. The van der Waals surface area contributed by atoms with E-state index in [2.05, 4.69) is 5.32 Å². The molecular formula is C27H31FN2O5. The van der Waals surface area contributed by atoms with Gasteiger partial charge in [0.05, 0.1) is 18.6 Å². The minimum Gasteiger partial charge on any atom is -0.486 e. The minimum atomic E-state index is -1.09. The molecular weight excluding hydrogens is 451 g/mol. The van der Waals surface area contributed by atoms with E-state index in [0.29, 0.717) is 17.7 Å². The van der Waals surface area contributed by atoms with Gasteiger partial charge in [0.2, 0.25) is 11.8 Å². The lowest BCUT2D eigenvalue weighted by Crippen LogP contribution is -2.56. The number of hydrogen-bond acceptors (Lipinski definition) is 5. The van der Waals surface area contributed by atoms with Crippen LogP contribution in [0.1, 0.15) is 30.9 Å². The quantitative estimate of drug-likeness (QED) is 0.536. The number of fused-ring (bicyclic) bond motifs is 3. The highest BCUT2D eigenvalue weighted by atomic mass is 19.1. The molecule has 7 nitrogen and oxygen atoms in total. The summed E-state index contributed by atoms with van der Waals surface area (Å²) in [4.78, 5) is 28.0. The van der Waals surface area contributed by atoms with Gasteiger partial charge in [0, 0.05) is 30.1 Å². The average Bonchev–Trinajstić information content (AvgIpc) is 3.24. The van der Waals surface area contributed by atoms with E-state index < -0.39 is 24.2 Å². The molecule has 1 heterocycles. The standard InChI is InChI=1S/C27H31FN2O5/c1-16(2)27(34)30(12-10-17-6-5-7-18(28)14-17)21-15-20(26(33)29-11-13-31)23-19-8-3-4-9-22(19)35-25(23)24(21)32/h3-9,14-16,21,23-25,31-32H,10-13H2,1-2H3,(H,29,33). The summed E-state index contributed by atoms with van der Waals surface area (Å²) in [6.45, 7) is 3.65. The zero-order valence-electron chi connectivity index (χ0n) is 19.9. The Balaban J connectivity index is 1.71. The molecule has 2 aromatic carbocycles. The van der Waals surface area contributed by atoms with Crippen molar-refractivity contribution >= 4 is 11.8 Å². The van der Waals surface area contributed by atoms with Crippen LogP contribution in [0.4, 0.5) is 4.39 Å². The number of nitrogens with zero attached hydrogens (tertiary/aromatic N) is 1. The van der Waals surface area contributed by atoms with E-state index >= 15 is 0 Å². The van der Waals surface area contributed by atoms with Crippen LogP contribution in [-0.2, 0) is 16.0 Å². The number of aliphatic hydroxyl groups is 2. The SMILES string of the molecule is CC(C)C(=O)N(CCc1cccc(F)c1)C1C=C(C(=O)NCCO)C2c3ccccc3OC2C1O. The fourth-order valence-corrected chi connectivity index (χ4v) is 4.87. The van der Waals surface area contributed by atoms with Crippen LogP contribution in [0.3, 0.4) is 0 Å². The number of nitrogens with one attached hydrogen (secondary N) is 1. The molecule has 0 radical (unpaired) electrons. The van der Waals surface area contributed by atoms with Crippen molar-refractivity contribution in [2.75, 3.05) is 19.7 Å². The van der Waals surface area contributed by atoms with Gasteiger partial charge in [-0.15, -0.1) is 0 Å². The Morgan fingerprint density at radius 3 is 2.66 bits per heavy atom. The lowest BCUT2D eigenvalue weighted by atomic mass is 9.77. The largest absolute Gasteiger partial charge is 0.486 e. The fraction of sp³-hybridized carbons (Fsp3) is 0.407.